The number of carbonyl (C=O) groups is 3. The second-order valence-electron chi connectivity index (χ2n) is 6.18. The zero-order valence-corrected chi connectivity index (χ0v) is 14.8. The molecule has 9 heteroatoms. The predicted molar refractivity (Wildman–Crippen MR) is 94.9 cm³/mol. The van der Waals surface area contributed by atoms with Gasteiger partial charge in [0.15, 0.2) is 0 Å². The fraction of sp³-hybridized carbons (Fsp3) is 0.353. The summed E-state index contributed by atoms with van der Waals surface area (Å²) >= 11 is 0. The zero-order chi connectivity index (χ0) is 19.3. The molecule has 1 aromatic heterocycles. The molecule has 0 saturated carbocycles. The molecule has 0 aliphatic rings. The van der Waals surface area contributed by atoms with Crippen LogP contribution in [0.4, 0.5) is 4.79 Å². The van der Waals surface area contributed by atoms with Crippen molar-refractivity contribution in [3.05, 3.63) is 30.0 Å². The number of nitrogens with one attached hydrogen (secondary N) is 4. The monoisotopic (exact) mass is 362 g/mol. The van der Waals surface area contributed by atoms with Crippen molar-refractivity contribution in [3.8, 4) is 5.75 Å². The summed E-state index contributed by atoms with van der Waals surface area (Å²) in [5, 5.41) is 12.0. The van der Waals surface area contributed by atoms with Crippen molar-refractivity contribution in [1.29, 1.82) is 0 Å². The molecule has 0 bridgehead atoms. The van der Waals surface area contributed by atoms with Crippen molar-refractivity contribution in [1.82, 2.24) is 21.2 Å². The maximum absolute atomic E-state index is 12.5. The minimum Gasteiger partial charge on any atom is -0.496 e. The topological polar surface area (TPSA) is 133 Å². The lowest BCUT2D eigenvalue weighted by molar-refractivity contribution is -0.124. The number of hydrogen-bond acceptors (Lipinski definition) is 4. The Morgan fingerprint density at radius 3 is 2.58 bits per heavy atom. The second-order valence-corrected chi connectivity index (χ2v) is 6.18. The van der Waals surface area contributed by atoms with E-state index in [4.69, 9.17) is 9.84 Å². The zero-order valence-electron chi connectivity index (χ0n) is 14.8. The van der Waals surface area contributed by atoms with Crippen molar-refractivity contribution in [2.45, 2.75) is 26.3 Å². The average molecular weight is 362 g/mol. The average Bonchev–Trinajstić information content (AvgIpc) is 3.02. The summed E-state index contributed by atoms with van der Waals surface area (Å²) in [6.07, 6.45) is -1.04. The van der Waals surface area contributed by atoms with Crippen molar-refractivity contribution >= 4 is 28.8 Å². The molecule has 26 heavy (non-hydrogen) atoms. The Balaban J connectivity index is 2.18. The highest BCUT2D eigenvalue weighted by Gasteiger charge is 2.24. The fourth-order valence-corrected chi connectivity index (χ4v) is 2.57. The van der Waals surface area contributed by atoms with Crippen LogP contribution in [0.2, 0.25) is 0 Å². The van der Waals surface area contributed by atoms with E-state index in [0.717, 1.165) is 10.9 Å². The van der Waals surface area contributed by atoms with Crippen LogP contribution in [-0.4, -0.2) is 41.1 Å². The van der Waals surface area contributed by atoms with Gasteiger partial charge in [-0.25, -0.2) is 10.2 Å². The molecule has 5 N–H and O–H groups in total. The Morgan fingerprint density at radius 2 is 1.96 bits per heavy atom. The molecule has 1 aromatic carbocycles. The number of fused-ring (bicyclic) bond motifs is 1. The van der Waals surface area contributed by atoms with Gasteiger partial charge in [-0.2, -0.15) is 0 Å². The second kappa shape index (κ2) is 8.24. The molecule has 0 spiro atoms. The first-order valence-electron chi connectivity index (χ1n) is 8.07. The van der Waals surface area contributed by atoms with E-state index < -0.39 is 23.9 Å². The van der Waals surface area contributed by atoms with Crippen LogP contribution in [0.5, 0.6) is 5.75 Å². The minimum atomic E-state index is -1.39. The van der Waals surface area contributed by atoms with Gasteiger partial charge in [-0.05, 0) is 30.5 Å². The first kappa shape index (κ1) is 19.1. The summed E-state index contributed by atoms with van der Waals surface area (Å²) in [5.41, 5.74) is 4.85. The lowest BCUT2D eigenvalue weighted by atomic mass is 10.0. The molecule has 0 aliphatic heterocycles. The maximum atomic E-state index is 12.5. The molecule has 2 rings (SSSR count). The van der Waals surface area contributed by atoms with Crippen molar-refractivity contribution < 1.29 is 24.2 Å². The molecule has 3 amide bonds. The number of amides is 3. The Kier molecular flexibility index (Phi) is 6.05. The lowest BCUT2D eigenvalue weighted by Gasteiger charge is -2.19. The first-order valence-corrected chi connectivity index (χ1v) is 8.07. The number of carbonyl (C=O) groups excluding carboxylic acids is 2. The van der Waals surface area contributed by atoms with E-state index in [0.29, 0.717) is 12.2 Å². The molecule has 140 valence electrons. The SMILES string of the molecule is COc1cccc2[nH]c(C(=O)N[C@@H](CC(C)C)C(=O)NNC(=O)O)cc12. The number of hydrogen-bond donors (Lipinski definition) is 5. The Morgan fingerprint density at radius 1 is 1.23 bits per heavy atom. The number of benzene rings is 1. The van der Waals surface area contributed by atoms with Gasteiger partial charge in [0.1, 0.15) is 17.5 Å². The van der Waals surface area contributed by atoms with Crippen LogP contribution in [0.1, 0.15) is 30.8 Å². The highest BCUT2D eigenvalue weighted by atomic mass is 16.5. The molecule has 9 nitrogen and oxygen atoms in total. The molecule has 0 fully saturated rings. The highest BCUT2D eigenvalue weighted by molar-refractivity contribution is 6.01. The van der Waals surface area contributed by atoms with Gasteiger partial charge in [-0.1, -0.05) is 19.9 Å². The molecule has 1 heterocycles. The van der Waals surface area contributed by atoms with E-state index in [9.17, 15) is 14.4 Å². The van der Waals surface area contributed by atoms with Crippen molar-refractivity contribution in [2.75, 3.05) is 7.11 Å². The van der Waals surface area contributed by atoms with E-state index in [-0.39, 0.29) is 11.6 Å². The van der Waals surface area contributed by atoms with Gasteiger partial charge in [0.05, 0.1) is 7.11 Å². The lowest BCUT2D eigenvalue weighted by Crippen LogP contribution is -2.52. The van der Waals surface area contributed by atoms with E-state index >= 15 is 0 Å². The number of carboxylic acid groups (broad SMARTS) is 1. The first-order chi connectivity index (χ1) is 12.3. The van der Waals surface area contributed by atoms with Crippen molar-refractivity contribution in [2.24, 2.45) is 5.92 Å². The molecule has 2 aromatic rings. The number of methoxy groups -OCH3 is 1. The number of ether oxygens (including phenoxy) is 1. The van der Waals surface area contributed by atoms with Crippen LogP contribution in [0.15, 0.2) is 24.3 Å². The molecule has 0 saturated heterocycles. The number of hydrazine groups is 1. The van der Waals surface area contributed by atoms with Crippen LogP contribution in [0, 0.1) is 5.92 Å². The van der Waals surface area contributed by atoms with Crippen LogP contribution in [0.25, 0.3) is 10.9 Å². The van der Waals surface area contributed by atoms with Gasteiger partial charge in [0, 0.05) is 10.9 Å². The summed E-state index contributed by atoms with van der Waals surface area (Å²) in [6.45, 7) is 3.79. The number of rotatable bonds is 6. The highest BCUT2D eigenvalue weighted by Crippen LogP contribution is 2.26. The molecular weight excluding hydrogens is 340 g/mol. The van der Waals surface area contributed by atoms with Crippen LogP contribution >= 0.6 is 0 Å². The number of aromatic amines is 1. The van der Waals surface area contributed by atoms with E-state index in [2.05, 4.69) is 15.7 Å². The van der Waals surface area contributed by atoms with Gasteiger partial charge in [0.2, 0.25) is 0 Å². The minimum absolute atomic E-state index is 0.110. The maximum Gasteiger partial charge on any atom is 0.423 e. The van der Waals surface area contributed by atoms with Crippen LogP contribution in [0.3, 0.4) is 0 Å². The molecule has 1 atom stereocenters. The molecule has 0 unspecified atom stereocenters. The van der Waals surface area contributed by atoms with Crippen molar-refractivity contribution in [3.63, 3.8) is 0 Å². The summed E-state index contributed by atoms with van der Waals surface area (Å²) in [5.74, 6) is -0.374. The van der Waals surface area contributed by atoms with Gasteiger partial charge in [-0.15, -0.1) is 0 Å². The summed E-state index contributed by atoms with van der Waals surface area (Å²) in [6, 6.07) is 6.14. The third-order valence-electron chi connectivity index (χ3n) is 3.71. The largest absolute Gasteiger partial charge is 0.496 e. The predicted octanol–water partition coefficient (Wildman–Crippen LogP) is 1.62. The Bertz CT molecular complexity index is 815. The van der Waals surface area contributed by atoms with Gasteiger partial charge in [0.25, 0.3) is 11.8 Å². The van der Waals surface area contributed by atoms with Gasteiger partial charge < -0.3 is 20.1 Å². The number of aromatic nitrogens is 1. The van der Waals surface area contributed by atoms with Crippen LogP contribution < -0.4 is 20.9 Å². The smallest absolute Gasteiger partial charge is 0.423 e. The van der Waals surface area contributed by atoms with E-state index in [1.165, 1.54) is 0 Å². The number of H-pyrrole nitrogens is 1. The fourth-order valence-electron chi connectivity index (χ4n) is 2.57. The summed E-state index contributed by atoms with van der Waals surface area (Å²) in [4.78, 5) is 38.2. The third-order valence-corrected chi connectivity index (χ3v) is 3.71. The van der Waals surface area contributed by atoms with E-state index in [1.807, 2.05) is 19.9 Å². The van der Waals surface area contributed by atoms with E-state index in [1.54, 1.807) is 30.7 Å². The Labute approximate surface area is 150 Å². The summed E-state index contributed by atoms with van der Waals surface area (Å²) in [7, 11) is 1.54. The normalized spacial score (nSPS) is 11.8. The molecule has 0 aliphatic carbocycles. The van der Waals surface area contributed by atoms with Gasteiger partial charge in [-0.3, -0.25) is 15.0 Å². The summed E-state index contributed by atoms with van der Waals surface area (Å²) < 4.78 is 5.27. The standard InChI is InChI=1S/C17H22N4O5/c1-9(2)7-12(16(23)20-21-17(24)25)19-15(22)13-8-10-11(18-13)5-4-6-14(10)26-3/h4-6,8-9,12,18,21H,7H2,1-3H3,(H,19,22)(H,20,23)(H,24,25)/t12-/m0/s1. The van der Waals surface area contributed by atoms with Crippen LogP contribution in [-0.2, 0) is 4.79 Å². The third kappa shape index (κ3) is 4.65. The Hall–Kier alpha value is -3.23. The van der Waals surface area contributed by atoms with Gasteiger partial charge >= 0.3 is 6.09 Å². The molecule has 0 radical (unpaired) electrons. The molecular formula is C17H22N4O5. The quantitative estimate of drug-likeness (QED) is 0.498.